The summed E-state index contributed by atoms with van der Waals surface area (Å²) < 4.78 is 30.0. The van der Waals surface area contributed by atoms with Gasteiger partial charge in [-0.3, -0.25) is 4.79 Å². The van der Waals surface area contributed by atoms with Crippen LogP contribution in [0.5, 0.6) is 5.75 Å². The quantitative estimate of drug-likeness (QED) is 0.754. The van der Waals surface area contributed by atoms with Crippen molar-refractivity contribution in [2.75, 3.05) is 6.61 Å². The van der Waals surface area contributed by atoms with Crippen molar-refractivity contribution >= 4 is 23.7 Å². The largest absolute Gasteiger partial charge is 0.486 e. The number of aryl methyl sites for hydroxylation is 1. The number of aliphatic imine (C=N–C) groups is 1. The fraction of sp³-hybridized carbons (Fsp3) is 0.474. The molecule has 0 aromatic heterocycles. The van der Waals surface area contributed by atoms with Crippen LogP contribution >= 0.6 is 11.6 Å². The van der Waals surface area contributed by atoms with E-state index >= 15 is 0 Å². The number of carbonyl (C=O) groups is 1. The van der Waals surface area contributed by atoms with Crippen LogP contribution in [0.1, 0.15) is 36.9 Å². The number of rotatable bonds is 7. The first kappa shape index (κ1) is 19.6. The summed E-state index contributed by atoms with van der Waals surface area (Å²) in [7, 11) is 0. The van der Waals surface area contributed by atoms with Crippen molar-refractivity contribution in [2.24, 2.45) is 10.9 Å². The topological polar surface area (TPSA) is 53.9 Å². The lowest BCUT2D eigenvalue weighted by atomic mass is 10.0. The Kier molecular flexibility index (Phi) is 5.99. The molecule has 1 fully saturated rings. The van der Waals surface area contributed by atoms with Gasteiger partial charge in [-0.1, -0.05) is 17.7 Å². The summed E-state index contributed by atoms with van der Waals surface area (Å²) in [5.74, 6) is 0.361. The van der Waals surface area contributed by atoms with E-state index in [2.05, 4.69) is 10.3 Å². The summed E-state index contributed by atoms with van der Waals surface area (Å²) >= 11 is 6.27. The molecule has 5 nitrogen and oxygen atoms in total. The lowest BCUT2D eigenvalue weighted by molar-refractivity contribution is -0.124. The standard InChI is InChI=1S/C19H22ClF2N3O2/c1-11-8-14(9-15(20)17(11)27-10-16(21)22)12(2)25-7-3-6-23-19(25)24-18(26)13-4-5-13/h3,6-9,12-13,16,19H,4-5,10H2,1-2H3,(H,24,26). The number of hydrogen-bond acceptors (Lipinski definition) is 4. The fourth-order valence-electron chi connectivity index (χ4n) is 2.97. The molecule has 146 valence electrons. The number of ether oxygens (including phenoxy) is 1. The first-order valence-electron chi connectivity index (χ1n) is 8.85. The second kappa shape index (κ2) is 8.25. The molecule has 1 amide bonds. The van der Waals surface area contributed by atoms with Crippen LogP contribution in [-0.2, 0) is 4.79 Å². The van der Waals surface area contributed by atoms with Crippen LogP contribution < -0.4 is 10.1 Å². The molecular weight excluding hydrogens is 376 g/mol. The number of hydrogen-bond donors (Lipinski definition) is 1. The number of alkyl halides is 2. The molecule has 2 atom stereocenters. The van der Waals surface area contributed by atoms with Gasteiger partial charge in [0.2, 0.25) is 5.91 Å². The minimum atomic E-state index is -2.56. The summed E-state index contributed by atoms with van der Waals surface area (Å²) in [4.78, 5) is 18.4. The third-order valence-electron chi connectivity index (χ3n) is 4.61. The molecule has 1 aromatic carbocycles. The van der Waals surface area contributed by atoms with Crippen LogP contribution in [0.4, 0.5) is 8.78 Å². The van der Waals surface area contributed by atoms with E-state index in [1.54, 1.807) is 25.3 Å². The predicted molar refractivity (Wildman–Crippen MR) is 100 cm³/mol. The summed E-state index contributed by atoms with van der Waals surface area (Å²) in [6, 6.07) is 3.40. The number of carbonyl (C=O) groups excluding carboxylic acids is 1. The molecular formula is C19H22ClF2N3O2. The van der Waals surface area contributed by atoms with E-state index in [1.165, 1.54) is 0 Å². The molecule has 1 aliphatic carbocycles. The van der Waals surface area contributed by atoms with Crippen LogP contribution in [0.15, 0.2) is 29.4 Å². The van der Waals surface area contributed by atoms with Crippen LogP contribution in [0, 0.1) is 12.8 Å². The van der Waals surface area contributed by atoms with Gasteiger partial charge in [0.1, 0.15) is 12.4 Å². The van der Waals surface area contributed by atoms with Gasteiger partial charge < -0.3 is 15.0 Å². The fourth-order valence-corrected chi connectivity index (χ4v) is 3.30. The van der Waals surface area contributed by atoms with Crippen molar-refractivity contribution in [1.82, 2.24) is 10.2 Å². The zero-order valence-electron chi connectivity index (χ0n) is 15.2. The number of amides is 1. The number of halogens is 3. The highest BCUT2D eigenvalue weighted by atomic mass is 35.5. The maximum absolute atomic E-state index is 12.4. The van der Waals surface area contributed by atoms with E-state index in [9.17, 15) is 13.6 Å². The van der Waals surface area contributed by atoms with Gasteiger partial charge >= 0.3 is 0 Å². The molecule has 3 rings (SSSR count). The first-order chi connectivity index (χ1) is 12.9. The molecule has 0 spiro atoms. The van der Waals surface area contributed by atoms with Gasteiger partial charge in [-0.15, -0.1) is 0 Å². The van der Waals surface area contributed by atoms with Gasteiger partial charge in [0.15, 0.2) is 6.29 Å². The molecule has 2 aliphatic rings. The Balaban J connectivity index is 1.76. The van der Waals surface area contributed by atoms with Crippen LogP contribution in [0.2, 0.25) is 5.02 Å². The monoisotopic (exact) mass is 397 g/mol. The molecule has 1 aliphatic heterocycles. The second-order valence-electron chi connectivity index (χ2n) is 6.77. The minimum Gasteiger partial charge on any atom is -0.486 e. The Labute approximate surface area is 162 Å². The molecule has 27 heavy (non-hydrogen) atoms. The van der Waals surface area contributed by atoms with E-state index in [4.69, 9.17) is 16.3 Å². The summed E-state index contributed by atoms with van der Waals surface area (Å²) in [6.07, 6.45) is 4.09. The van der Waals surface area contributed by atoms with E-state index in [1.807, 2.05) is 24.1 Å². The predicted octanol–water partition coefficient (Wildman–Crippen LogP) is 4.06. The highest BCUT2D eigenvalue weighted by Gasteiger charge is 2.33. The third kappa shape index (κ3) is 4.77. The van der Waals surface area contributed by atoms with E-state index in [0.717, 1.165) is 18.4 Å². The molecule has 0 saturated heterocycles. The third-order valence-corrected chi connectivity index (χ3v) is 4.89. The number of allylic oxidation sites excluding steroid dienone is 1. The van der Waals surface area contributed by atoms with Crippen LogP contribution in [0.3, 0.4) is 0 Å². The SMILES string of the molecule is Cc1cc(C(C)N2C=CC=NC2NC(=O)C2CC2)cc(Cl)c1OCC(F)F. The zero-order chi connectivity index (χ0) is 19.6. The summed E-state index contributed by atoms with van der Waals surface area (Å²) in [5.41, 5.74) is 1.54. The molecule has 1 heterocycles. The Bertz CT molecular complexity index is 742. The Morgan fingerprint density at radius 2 is 2.19 bits per heavy atom. The van der Waals surface area contributed by atoms with E-state index in [-0.39, 0.29) is 28.6 Å². The van der Waals surface area contributed by atoms with Gasteiger partial charge in [0, 0.05) is 18.3 Å². The number of nitrogens with zero attached hydrogens (tertiary/aromatic N) is 2. The Morgan fingerprint density at radius 3 is 2.81 bits per heavy atom. The maximum atomic E-state index is 12.4. The minimum absolute atomic E-state index is 0.00890. The lowest BCUT2D eigenvalue weighted by Crippen LogP contribution is -2.47. The molecule has 0 radical (unpaired) electrons. The first-order valence-corrected chi connectivity index (χ1v) is 9.23. The van der Waals surface area contributed by atoms with Gasteiger partial charge in [0.05, 0.1) is 11.1 Å². The van der Waals surface area contributed by atoms with Crippen molar-refractivity contribution in [2.45, 2.75) is 45.4 Å². The van der Waals surface area contributed by atoms with Crippen LogP contribution in [0.25, 0.3) is 0 Å². The Hall–Kier alpha value is -2.15. The van der Waals surface area contributed by atoms with Crippen molar-refractivity contribution in [3.8, 4) is 5.75 Å². The second-order valence-corrected chi connectivity index (χ2v) is 7.18. The highest BCUT2D eigenvalue weighted by Crippen LogP contribution is 2.35. The molecule has 0 bridgehead atoms. The van der Waals surface area contributed by atoms with Crippen molar-refractivity contribution < 1.29 is 18.3 Å². The van der Waals surface area contributed by atoms with Crippen LogP contribution in [-0.4, -0.2) is 36.3 Å². The highest BCUT2D eigenvalue weighted by molar-refractivity contribution is 6.32. The molecule has 1 aromatic rings. The van der Waals surface area contributed by atoms with E-state index in [0.29, 0.717) is 5.56 Å². The summed E-state index contributed by atoms with van der Waals surface area (Å²) in [5, 5.41) is 3.23. The molecule has 1 N–H and O–H groups in total. The number of benzene rings is 1. The lowest BCUT2D eigenvalue weighted by Gasteiger charge is -2.35. The Morgan fingerprint density at radius 1 is 1.44 bits per heavy atom. The normalized spacial score (nSPS) is 20.1. The van der Waals surface area contributed by atoms with Crippen molar-refractivity contribution in [3.63, 3.8) is 0 Å². The smallest absolute Gasteiger partial charge is 0.272 e. The average molecular weight is 398 g/mol. The molecule has 8 heteroatoms. The van der Waals surface area contributed by atoms with Gasteiger partial charge in [-0.25, -0.2) is 13.8 Å². The van der Waals surface area contributed by atoms with Crippen molar-refractivity contribution in [1.29, 1.82) is 0 Å². The zero-order valence-corrected chi connectivity index (χ0v) is 15.9. The molecule has 1 saturated carbocycles. The summed E-state index contributed by atoms with van der Waals surface area (Å²) in [6.45, 7) is 3.03. The van der Waals surface area contributed by atoms with Gasteiger partial charge in [0.25, 0.3) is 6.43 Å². The van der Waals surface area contributed by atoms with E-state index < -0.39 is 19.3 Å². The van der Waals surface area contributed by atoms with Gasteiger partial charge in [-0.2, -0.15) is 0 Å². The maximum Gasteiger partial charge on any atom is 0.272 e. The van der Waals surface area contributed by atoms with Crippen molar-refractivity contribution in [3.05, 3.63) is 40.6 Å². The van der Waals surface area contributed by atoms with Gasteiger partial charge in [-0.05, 0) is 50.0 Å². The number of nitrogens with one attached hydrogen (secondary N) is 1. The molecule has 2 unspecified atom stereocenters. The average Bonchev–Trinajstić information content (AvgIpc) is 3.45.